The third-order valence-electron chi connectivity index (χ3n) is 10.00. The second-order valence-corrected chi connectivity index (χ2v) is 17.9. The lowest BCUT2D eigenvalue weighted by Gasteiger charge is -2.40. The van der Waals surface area contributed by atoms with E-state index < -0.39 is 0 Å². The van der Waals surface area contributed by atoms with Gasteiger partial charge in [-0.25, -0.2) is 0 Å². The quantitative estimate of drug-likeness (QED) is 0.313. The van der Waals surface area contributed by atoms with Gasteiger partial charge in [0.05, 0.1) is 0 Å². The summed E-state index contributed by atoms with van der Waals surface area (Å²) in [5.41, 5.74) is 7.94. The minimum atomic E-state index is 0.164. The summed E-state index contributed by atoms with van der Waals surface area (Å²) in [6.45, 7) is 0. The van der Waals surface area contributed by atoms with Crippen molar-refractivity contribution in [3.8, 4) is 0 Å². The standard InChI is InChI=1S/C32H52P2/c1-5-17-29(18-6-1)33(30-19-7-2-8-20-30)25-27-15-13-14-16-28(27)26-34(31-21-9-3-10-22-31)32-23-11-4-12-24-32/h13-16,29-32H,1-12,17-26H2. The predicted molar refractivity (Wildman–Crippen MR) is 155 cm³/mol. The van der Waals surface area contributed by atoms with Gasteiger partial charge in [-0.05, 0) is 97.5 Å². The first-order valence-corrected chi connectivity index (χ1v) is 18.8. The summed E-state index contributed by atoms with van der Waals surface area (Å²) < 4.78 is 0. The van der Waals surface area contributed by atoms with Crippen molar-refractivity contribution < 1.29 is 0 Å². The maximum absolute atomic E-state index is 2.59. The summed E-state index contributed by atoms with van der Waals surface area (Å²) in [6.07, 6.45) is 33.6. The van der Waals surface area contributed by atoms with Gasteiger partial charge in [0.1, 0.15) is 0 Å². The highest BCUT2D eigenvalue weighted by molar-refractivity contribution is 7.58. The molecular formula is C32H52P2. The van der Waals surface area contributed by atoms with Crippen LogP contribution < -0.4 is 0 Å². The van der Waals surface area contributed by atoms with Crippen LogP contribution in [-0.4, -0.2) is 22.6 Å². The van der Waals surface area contributed by atoms with Crippen LogP contribution in [0, 0.1) is 0 Å². The van der Waals surface area contributed by atoms with Crippen LogP contribution in [0.2, 0.25) is 0 Å². The molecule has 0 spiro atoms. The lowest BCUT2D eigenvalue weighted by molar-refractivity contribution is 0.483. The van der Waals surface area contributed by atoms with Gasteiger partial charge >= 0.3 is 0 Å². The Bertz CT molecular complexity index is 608. The van der Waals surface area contributed by atoms with Crippen LogP contribution in [0.1, 0.15) is 140 Å². The van der Waals surface area contributed by atoms with Crippen molar-refractivity contribution in [2.75, 3.05) is 0 Å². The maximum Gasteiger partial charge on any atom is -0.00653 e. The molecule has 0 heterocycles. The topological polar surface area (TPSA) is 0 Å². The van der Waals surface area contributed by atoms with Crippen molar-refractivity contribution in [1.29, 1.82) is 0 Å². The first-order valence-electron chi connectivity index (χ1n) is 15.5. The van der Waals surface area contributed by atoms with Gasteiger partial charge in [-0.3, -0.25) is 0 Å². The Kier molecular flexibility index (Phi) is 10.3. The van der Waals surface area contributed by atoms with Crippen LogP contribution in [0.25, 0.3) is 0 Å². The van der Waals surface area contributed by atoms with Gasteiger partial charge in [0.2, 0.25) is 0 Å². The summed E-state index contributed by atoms with van der Waals surface area (Å²) in [5.74, 6) is 0. The second-order valence-electron chi connectivity index (χ2n) is 12.3. The van der Waals surface area contributed by atoms with Crippen LogP contribution in [-0.2, 0) is 12.3 Å². The molecule has 0 N–H and O–H groups in total. The highest BCUT2D eigenvalue weighted by atomic mass is 31.1. The second kappa shape index (κ2) is 13.6. The Morgan fingerprint density at radius 2 is 0.676 bits per heavy atom. The molecule has 1 aromatic rings. The fourth-order valence-electron chi connectivity index (χ4n) is 8.02. The molecule has 4 aliphatic carbocycles. The molecule has 0 aliphatic heterocycles. The molecule has 34 heavy (non-hydrogen) atoms. The molecule has 2 heteroatoms. The van der Waals surface area contributed by atoms with Gasteiger partial charge < -0.3 is 0 Å². The lowest BCUT2D eigenvalue weighted by Crippen LogP contribution is -2.22. The Morgan fingerprint density at radius 3 is 0.941 bits per heavy atom. The Labute approximate surface area is 214 Å². The summed E-state index contributed by atoms with van der Waals surface area (Å²) in [7, 11) is 0.328. The average molecular weight is 499 g/mol. The molecule has 4 fully saturated rings. The monoisotopic (exact) mass is 498 g/mol. The van der Waals surface area contributed by atoms with Gasteiger partial charge in [0.15, 0.2) is 0 Å². The molecule has 4 saturated carbocycles. The van der Waals surface area contributed by atoms with Gasteiger partial charge in [0, 0.05) is 0 Å². The maximum atomic E-state index is 2.59. The van der Waals surface area contributed by atoms with E-state index in [0.717, 1.165) is 22.6 Å². The zero-order chi connectivity index (χ0) is 23.0. The third-order valence-corrected chi connectivity index (χ3v) is 17.2. The number of rotatable bonds is 8. The fourth-order valence-corrected chi connectivity index (χ4v) is 15.8. The number of benzene rings is 1. The van der Waals surface area contributed by atoms with Crippen LogP contribution >= 0.6 is 15.8 Å². The first-order chi connectivity index (χ1) is 16.9. The van der Waals surface area contributed by atoms with Crippen LogP contribution in [0.3, 0.4) is 0 Å². The predicted octanol–water partition coefficient (Wildman–Crippen LogP) is 11.0. The molecule has 0 amide bonds. The Hall–Kier alpha value is 0.0800. The molecule has 190 valence electrons. The molecule has 0 aromatic heterocycles. The van der Waals surface area contributed by atoms with Gasteiger partial charge in [-0.15, -0.1) is 0 Å². The highest BCUT2D eigenvalue weighted by Crippen LogP contribution is 2.60. The van der Waals surface area contributed by atoms with E-state index in [0.29, 0.717) is 0 Å². The van der Waals surface area contributed by atoms with E-state index in [1.807, 2.05) is 11.1 Å². The molecule has 1 aromatic carbocycles. The largest absolute Gasteiger partial charge is 0.0958 e. The molecule has 0 nitrogen and oxygen atoms in total. The van der Waals surface area contributed by atoms with Gasteiger partial charge in [-0.2, -0.15) is 0 Å². The van der Waals surface area contributed by atoms with Gasteiger partial charge in [0.25, 0.3) is 0 Å². The average Bonchev–Trinajstić information content (AvgIpc) is 2.93. The summed E-state index contributed by atoms with van der Waals surface area (Å²) >= 11 is 0. The summed E-state index contributed by atoms with van der Waals surface area (Å²) in [6, 6.07) is 9.95. The van der Waals surface area contributed by atoms with E-state index in [9.17, 15) is 0 Å². The van der Waals surface area contributed by atoms with E-state index in [-0.39, 0.29) is 15.8 Å². The molecule has 4 aliphatic rings. The van der Waals surface area contributed by atoms with Gasteiger partial charge in [-0.1, -0.05) is 117 Å². The number of hydrogen-bond acceptors (Lipinski definition) is 0. The SMILES string of the molecule is c1ccc(CP(C2CCCCC2)C2CCCCC2)c(CP(C2CCCCC2)C2CCCCC2)c1. The van der Waals surface area contributed by atoms with E-state index >= 15 is 0 Å². The molecule has 0 saturated heterocycles. The lowest BCUT2D eigenvalue weighted by atomic mass is 9.99. The Balaban J connectivity index is 1.35. The fraction of sp³-hybridized carbons (Fsp3) is 0.812. The molecule has 5 rings (SSSR count). The molecule has 0 radical (unpaired) electrons. The minimum Gasteiger partial charge on any atom is -0.0958 e. The molecule has 0 bridgehead atoms. The first kappa shape index (κ1) is 25.7. The van der Waals surface area contributed by atoms with Crippen molar-refractivity contribution in [3.63, 3.8) is 0 Å². The molecular weight excluding hydrogens is 446 g/mol. The zero-order valence-electron chi connectivity index (χ0n) is 22.1. The molecule has 0 unspecified atom stereocenters. The van der Waals surface area contributed by atoms with Crippen LogP contribution in [0.5, 0.6) is 0 Å². The third kappa shape index (κ3) is 6.89. The van der Waals surface area contributed by atoms with E-state index in [2.05, 4.69) is 24.3 Å². The normalized spacial score (nSPS) is 24.8. The number of hydrogen-bond donors (Lipinski definition) is 0. The van der Waals surface area contributed by atoms with Crippen molar-refractivity contribution in [3.05, 3.63) is 35.4 Å². The van der Waals surface area contributed by atoms with Crippen molar-refractivity contribution in [2.24, 2.45) is 0 Å². The summed E-state index contributed by atoms with van der Waals surface area (Å²) in [4.78, 5) is 0. The minimum absolute atomic E-state index is 0.164. The van der Waals surface area contributed by atoms with Crippen molar-refractivity contribution in [2.45, 2.75) is 163 Å². The van der Waals surface area contributed by atoms with Crippen molar-refractivity contribution in [1.82, 2.24) is 0 Å². The van der Waals surface area contributed by atoms with Crippen molar-refractivity contribution >= 4 is 15.8 Å². The van der Waals surface area contributed by atoms with E-state index in [4.69, 9.17) is 0 Å². The molecule has 0 atom stereocenters. The van der Waals surface area contributed by atoms with Crippen LogP contribution in [0.4, 0.5) is 0 Å². The highest BCUT2D eigenvalue weighted by Gasteiger charge is 2.34. The zero-order valence-corrected chi connectivity index (χ0v) is 23.9. The smallest absolute Gasteiger partial charge is 0.00653 e. The summed E-state index contributed by atoms with van der Waals surface area (Å²) in [5, 5.41) is 0. The van der Waals surface area contributed by atoms with Crippen LogP contribution in [0.15, 0.2) is 24.3 Å². The van der Waals surface area contributed by atoms with E-state index in [1.54, 1.807) is 51.4 Å². The van der Waals surface area contributed by atoms with E-state index in [1.165, 1.54) is 89.4 Å². The Morgan fingerprint density at radius 1 is 0.412 bits per heavy atom.